The Bertz CT molecular complexity index is 297. The van der Waals surface area contributed by atoms with Gasteiger partial charge in [-0.25, -0.2) is 4.98 Å². The highest BCUT2D eigenvalue weighted by Crippen LogP contribution is 2.57. The minimum absolute atomic E-state index is 0.727. The molecule has 0 saturated heterocycles. The molecule has 64 valence electrons. The minimum atomic E-state index is 0.727. The number of hydrogen-bond acceptors (Lipinski definition) is 3. The van der Waals surface area contributed by atoms with Gasteiger partial charge in [-0.1, -0.05) is 0 Å². The Morgan fingerprint density at radius 2 is 2.08 bits per heavy atom. The van der Waals surface area contributed by atoms with Gasteiger partial charge < -0.3 is 5.73 Å². The van der Waals surface area contributed by atoms with Crippen LogP contribution in [0.25, 0.3) is 0 Å². The lowest BCUT2D eigenvalue weighted by Gasteiger charge is -2.06. The fourth-order valence-electron chi connectivity index (χ4n) is 2.44. The van der Waals surface area contributed by atoms with Crippen molar-refractivity contribution in [2.75, 3.05) is 5.73 Å². The largest absolute Gasteiger partial charge is 0.375 e. The molecule has 3 rings (SSSR count). The van der Waals surface area contributed by atoms with Crippen molar-refractivity contribution in [3.8, 4) is 0 Å². The summed E-state index contributed by atoms with van der Waals surface area (Å²) in [5.41, 5.74) is 6.85. The minimum Gasteiger partial charge on any atom is -0.375 e. The fourth-order valence-corrected chi connectivity index (χ4v) is 3.09. The Morgan fingerprint density at radius 1 is 1.33 bits per heavy atom. The predicted molar refractivity (Wildman–Crippen MR) is 50.1 cm³/mol. The summed E-state index contributed by atoms with van der Waals surface area (Å²) < 4.78 is 0. The molecule has 2 aliphatic rings. The van der Waals surface area contributed by atoms with Crippen molar-refractivity contribution in [3.05, 3.63) is 11.1 Å². The SMILES string of the molecule is Nc1nc(C2CC3CC3C2)cs1. The molecule has 2 atom stereocenters. The van der Waals surface area contributed by atoms with E-state index in [1.54, 1.807) is 11.3 Å². The van der Waals surface area contributed by atoms with Crippen LogP contribution < -0.4 is 5.73 Å². The van der Waals surface area contributed by atoms with E-state index in [0.717, 1.165) is 22.9 Å². The van der Waals surface area contributed by atoms with Crippen molar-refractivity contribution in [2.45, 2.75) is 25.2 Å². The van der Waals surface area contributed by atoms with E-state index in [1.165, 1.54) is 25.0 Å². The van der Waals surface area contributed by atoms with Crippen LogP contribution >= 0.6 is 11.3 Å². The average molecular weight is 180 g/mol. The summed E-state index contributed by atoms with van der Waals surface area (Å²) in [4.78, 5) is 4.34. The zero-order chi connectivity index (χ0) is 8.13. The number of rotatable bonds is 1. The van der Waals surface area contributed by atoms with E-state index < -0.39 is 0 Å². The lowest BCUT2D eigenvalue weighted by atomic mass is 10.0. The third-order valence-corrected chi connectivity index (χ3v) is 3.89. The molecule has 2 nitrogen and oxygen atoms in total. The molecule has 1 aromatic rings. The molecule has 12 heavy (non-hydrogen) atoms. The summed E-state index contributed by atoms with van der Waals surface area (Å²) >= 11 is 1.57. The Labute approximate surface area is 75.8 Å². The van der Waals surface area contributed by atoms with E-state index in [4.69, 9.17) is 5.73 Å². The monoisotopic (exact) mass is 180 g/mol. The van der Waals surface area contributed by atoms with Crippen LogP contribution in [-0.4, -0.2) is 4.98 Å². The second kappa shape index (κ2) is 2.22. The quantitative estimate of drug-likeness (QED) is 0.719. The van der Waals surface area contributed by atoms with Crippen LogP contribution in [0.2, 0.25) is 0 Å². The molecule has 0 radical (unpaired) electrons. The number of nitrogen functional groups attached to an aromatic ring is 1. The smallest absolute Gasteiger partial charge is 0.180 e. The van der Waals surface area contributed by atoms with Crippen molar-refractivity contribution in [1.82, 2.24) is 4.98 Å². The first-order valence-electron chi connectivity index (χ1n) is 4.54. The lowest BCUT2D eigenvalue weighted by Crippen LogP contribution is -1.96. The van der Waals surface area contributed by atoms with Crippen LogP contribution in [0.5, 0.6) is 0 Å². The zero-order valence-corrected chi connectivity index (χ0v) is 7.68. The third kappa shape index (κ3) is 0.959. The van der Waals surface area contributed by atoms with Gasteiger partial charge in [-0.05, 0) is 31.1 Å². The van der Waals surface area contributed by atoms with Crippen LogP contribution in [0.3, 0.4) is 0 Å². The Morgan fingerprint density at radius 3 is 2.67 bits per heavy atom. The first-order chi connectivity index (χ1) is 5.83. The molecular formula is C9H12N2S. The molecule has 2 N–H and O–H groups in total. The maximum Gasteiger partial charge on any atom is 0.180 e. The fraction of sp³-hybridized carbons (Fsp3) is 0.667. The van der Waals surface area contributed by atoms with Crippen LogP contribution in [-0.2, 0) is 0 Å². The van der Waals surface area contributed by atoms with Gasteiger partial charge in [-0.3, -0.25) is 0 Å². The van der Waals surface area contributed by atoms with Crippen molar-refractivity contribution in [2.24, 2.45) is 11.8 Å². The molecule has 2 aliphatic carbocycles. The van der Waals surface area contributed by atoms with Gasteiger partial charge in [0.15, 0.2) is 5.13 Å². The number of aromatic nitrogens is 1. The molecule has 0 amide bonds. The van der Waals surface area contributed by atoms with Gasteiger partial charge in [0.05, 0.1) is 5.69 Å². The Kier molecular flexibility index (Phi) is 1.28. The standard InChI is InChI=1S/C9H12N2S/c10-9-11-8(4-12-9)7-2-5-1-6(5)3-7/h4-7H,1-3H2,(H2,10,11). The molecule has 0 spiro atoms. The Hall–Kier alpha value is -0.570. The van der Waals surface area contributed by atoms with Gasteiger partial charge in [0.1, 0.15) is 0 Å². The topological polar surface area (TPSA) is 38.9 Å². The average Bonchev–Trinajstić information content (AvgIpc) is 2.49. The zero-order valence-electron chi connectivity index (χ0n) is 6.86. The molecule has 2 saturated carbocycles. The van der Waals surface area contributed by atoms with Gasteiger partial charge in [0, 0.05) is 11.3 Å². The summed E-state index contributed by atoms with van der Waals surface area (Å²) in [5.74, 6) is 2.82. The second-order valence-electron chi connectivity index (χ2n) is 4.03. The van der Waals surface area contributed by atoms with Crippen molar-refractivity contribution < 1.29 is 0 Å². The van der Waals surface area contributed by atoms with Crippen LogP contribution in [0, 0.1) is 11.8 Å². The van der Waals surface area contributed by atoms with Crippen molar-refractivity contribution in [1.29, 1.82) is 0 Å². The molecule has 3 heteroatoms. The molecule has 0 aromatic carbocycles. The number of nitrogens with two attached hydrogens (primary N) is 1. The number of hydrogen-bond donors (Lipinski definition) is 1. The highest BCUT2D eigenvalue weighted by Gasteiger charge is 2.46. The molecule has 2 unspecified atom stereocenters. The first-order valence-corrected chi connectivity index (χ1v) is 5.42. The number of anilines is 1. The Balaban J connectivity index is 1.81. The number of nitrogens with zero attached hydrogens (tertiary/aromatic N) is 1. The molecule has 1 aromatic heterocycles. The van der Waals surface area contributed by atoms with Gasteiger partial charge >= 0.3 is 0 Å². The highest BCUT2D eigenvalue weighted by molar-refractivity contribution is 7.13. The normalized spacial score (nSPS) is 38.2. The third-order valence-electron chi connectivity index (χ3n) is 3.20. The summed E-state index contributed by atoms with van der Waals surface area (Å²) in [7, 11) is 0. The van der Waals surface area contributed by atoms with E-state index >= 15 is 0 Å². The van der Waals surface area contributed by atoms with Crippen LogP contribution in [0.15, 0.2) is 5.38 Å². The summed E-state index contributed by atoms with van der Waals surface area (Å²) in [6.07, 6.45) is 4.22. The van der Waals surface area contributed by atoms with E-state index in [9.17, 15) is 0 Å². The summed E-state index contributed by atoms with van der Waals surface area (Å²) in [5, 5.41) is 2.86. The van der Waals surface area contributed by atoms with Crippen LogP contribution in [0.1, 0.15) is 30.9 Å². The predicted octanol–water partition coefficient (Wildman–Crippen LogP) is 2.24. The van der Waals surface area contributed by atoms with E-state index in [-0.39, 0.29) is 0 Å². The highest BCUT2D eigenvalue weighted by atomic mass is 32.1. The van der Waals surface area contributed by atoms with Crippen molar-refractivity contribution >= 4 is 16.5 Å². The van der Waals surface area contributed by atoms with Gasteiger partial charge in [0.25, 0.3) is 0 Å². The number of thiazole rings is 1. The molecule has 1 heterocycles. The van der Waals surface area contributed by atoms with E-state index in [2.05, 4.69) is 10.4 Å². The molecular weight excluding hydrogens is 168 g/mol. The lowest BCUT2D eigenvalue weighted by molar-refractivity contribution is 0.612. The van der Waals surface area contributed by atoms with Gasteiger partial charge in [-0.15, -0.1) is 11.3 Å². The van der Waals surface area contributed by atoms with E-state index in [1.807, 2.05) is 0 Å². The van der Waals surface area contributed by atoms with Gasteiger partial charge in [-0.2, -0.15) is 0 Å². The number of fused-ring (bicyclic) bond motifs is 1. The maximum absolute atomic E-state index is 5.60. The second-order valence-corrected chi connectivity index (χ2v) is 4.92. The summed E-state index contributed by atoms with van der Waals surface area (Å²) in [6, 6.07) is 0. The van der Waals surface area contributed by atoms with E-state index in [0.29, 0.717) is 0 Å². The summed E-state index contributed by atoms with van der Waals surface area (Å²) in [6.45, 7) is 0. The molecule has 2 fully saturated rings. The van der Waals surface area contributed by atoms with Gasteiger partial charge in [0.2, 0.25) is 0 Å². The van der Waals surface area contributed by atoms with Crippen LogP contribution in [0.4, 0.5) is 5.13 Å². The molecule has 0 bridgehead atoms. The maximum atomic E-state index is 5.60. The molecule has 0 aliphatic heterocycles. The van der Waals surface area contributed by atoms with Crippen molar-refractivity contribution in [3.63, 3.8) is 0 Å². The first kappa shape index (κ1) is 6.89.